The van der Waals surface area contributed by atoms with Crippen LogP contribution in [0.3, 0.4) is 0 Å². The van der Waals surface area contributed by atoms with E-state index >= 15 is 0 Å². The maximum absolute atomic E-state index is 13.1. The molecule has 198 valence electrons. The van der Waals surface area contributed by atoms with Gasteiger partial charge in [0, 0.05) is 43.5 Å². The van der Waals surface area contributed by atoms with Crippen LogP contribution in [0.4, 0.5) is 16.6 Å². The number of primary amides is 1. The van der Waals surface area contributed by atoms with Crippen LogP contribution < -0.4 is 16.0 Å². The third-order valence-electron chi connectivity index (χ3n) is 7.45. The lowest BCUT2D eigenvalue weighted by atomic mass is 10.1. The number of fused-ring (bicyclic) bond motifs is 2. The molecule has 6 rings (SSSR count). The van der Waals surface area contributed by atoms with Gasteiger partial charge in [-0.1, -0.05) is 0 Å². The number of carbonyl (C=O) groups is 4. The lowest BCUT2D eigenvalue weighted by molar-refractivity contribution is -0.141. The van der Waals surface area contributed by atoms with Crippen LogP contribution >= 0.6 is 11.3 Å². The molecule has 4 aliphatic rings. The molecule has 1 saturated carbocycles. The number of imide groups is 1. The van der Waals surface area contributed by atoms with E-state index in [1.807, 2.05) is 0 Å². The van der Waals surface area contributed by atoms with E-state index in [2.05, 4.69) is 30.2 Å². The first kappa shape index (κ1) is 24.2. The van der Waals surface area contributed by atoms with E-state index in [4.69, 9.17) is 5.73 Å². The third-order valence-corrected chi connectivity index (χ3v) is 8.34. The van der Waals surface area contributed by atoms with Gasteiger partial charge in [-0.15, -0.1) is 11.3 Å². The number of hydrogen-bond acceptors (Lipinski definition) is 11. The molecule has 0 spiro atoms. The fraction of sp³-hybridized carbons (Fsp3) is 0.478. The monoisotopic (exact) mass is 538 g/mol. The van der Waals surface area contributed by atoms with Crippen LogP contribution in [0, 0.1) is 11.8 Å². The molecule has 0 radical (unpaired) electrons. The Hall–Kier alpha value is -4.14. The fourth-order valence-corrected chi connectivity index (χ4v) is 5.93. The number of thiazole rings is 1. The van der Waals surface area contributed by atoms with Gasteiger partial charge in [0.15, 0.2) is 12.2 Å². The van der Waals surface area contributed by atoms with Crippen LogP contribution in [0.5, 0.6) is 0 Å². The Balaban J connectivity index is 1.11. The molecule has 2 aromatic heterocycles. The van der Waals surface area contributed by atoms with Gasteiger partial charge < -0.3 is 25.8 Å². The van der Waals surface area contributed by atoms with E-state index in [0.29, 0.717) is 10.8 Å². The van der Waals surface area contributed by atoms with Crippen LogP contribution in [-0.4, -0.2) is 105 Å². The van der Waals surface area contributed by atoms with Crippen molar-refractivity contribution >= 4 is 53.2 Å². The molecule has 2 aromatic rings. The number of likely N-dealkylation sites (N-methyl/N-ethyl adjacent to an activating group) is 1. The van der Waals surface area contributed by atoms with Crippen molar-refractivity contribution in [2.45, 2.75) is 31.6 Å². The van der Waals surface area contributed by atoms with Crippen LogP contribution in [0.25, 0.3) is 10.6 Å². The van der Waals surface area contributed by atoms with Gasteiger partial charge in [0.05, 0.1) is 6.34 Å². The smallest absolute Gasteiger partial charge is 0.328 e. The van der Waals surface area contributed by atoms with E-state index < -0.39 is 48.5 Å². The summed E-state index contributed by atoms with van der Waals surface area (Å²) in [5.74, 6) is 0.790. The van der Waals surface area contributed by atoms with Gasteiger partial charge in [0.2, 0.25) is 17.8 Å². The molecular formula is C23H26N10O4S. The van der Waals surface area contributed by atoms with Crippen molar-refractivity contribution in [3.05, 3.63) is 17.8 Å². The van der Waals surface area contributed by atoms with E-state index in [-0.39, 0.29) is 0 Å². The summed E-state index contributed by atoms with van der Waals surface area (Å²) < 4.78 is 0. The number of rotatable bonds is 7. The Morgan fingerprint density at radius 1 is 1.21 bits per heavy atom. The Kier molecular flexibility index (Phi) is 5.74. The maximum Gasteiger partial charge on any atom is 0.328 e. The minimum absolute atomic E-state index is 0.357. The number of nitrogens with zero attached hydrogens (tertiary/aromatic N) is 8. The van der Waals surface area contributed by atoms with Crippen molar-refractivity contribution in [3.8, 4) is 10.6 Å². The highest BCUT2D eigenvalue weighted by Crippen LogP contribution is 2.45. The van der Waals surface area contributed by atoms with Gasteiger partial charge in [-0.05, 0) is 25.2 Å². The molecule has 0 bridgehead atoms. The van der Waals surface area contributed by atoms with Gasteiger partial charge in [-0.3, -0.25) is 19.3 Å². The summed E-state index contributed by atoms with van der Waals surface area (Å²) in [5, 5.41) is 5.16. The SMILES string of the molecule is C[C@@H](C(=O)Nc1csc(-c2cnc(N3CC4CC4C3)nc2)n1)N1C=NC2C1C(=O)N(CC(N)=O)C(=O)N2C. The average Bonchev–Trinajstić information content (AvgIpc) is 3.29. The molecule has 3 fully saturated rings. The second-order valence-electron chi connectivity index (χ2n) is 9.99. The predicted octanol–water partition coefficient (Wildman–Crippen LogP) is -0.199. The summed E-state index contributed by atoms with van der Waals surface area (Å²) in [6.45, 7) is 3.10. The molecule has 1 aliphatic carbocycles. The number of carbonyl (C=O) groups excluding carboxylic acids is 4. The second-order valence-corrected chi connectivity index (χ2v) is 10.8. The Bertz CT molecular complexity index is 1340. The van der Waals surface area contributed by atoms with E-state index in [1.165, 1.54) is 40.9 Å². The number of aliphatic imine (C=N–C) groups is 1. The number of hydrogen-bond donors (Lipinski definition) is 2. The summed E-state index contributed by atoms with van der Waals surface area (Å²) in [6.07, 6.45) is 5.36. The summed E-state index contributed by atoms with van der Waals surface area (Å²) in [7, 11) is 1.48. The average molecular weight is 539 g/mol. The predicted molar refractivity (Wildman–Crippen MR) is 137 cm³/mol. The molecule has 2 saturated heterocycles. The zero-order chi connectivity index (χ0) is 26.7. The number of amides is 5. The Labute approximate surface area is 221 Å². The topological polar surface area (TPSA) is 170 Å². The quantitative estimate of drug-likeness (QED) is 0.484. The number of nitrogens with one attached hydrogen (secondary N) is 1. The van der Waals surface area contributed by atoms with Crippen molar-refractivity contribution in [1.82, 2.24) is 29.7 Å². The van der Waals surface area contributed by atoms with Crippen molar-refractivity contribution in [1.29, 1.82) is 0 Å². The number of anilines is 2. The van der Waals surface area contributed by atoms with Gasteiger partial charge in [0.25, 0.3) is 5.91 Å². The third kappa shape index (κ3) is 4.12. The highest BCUT2D eigenvalue weighted by Gasteiger charge is 2.51. The number of aromatic nitrogens is 3. The lowest BCUT2D eigenvalue weighted by Gasteiger charge is -2.41. The van der Waals surface area contributed by atoms with Crippen molar-refractivity contribution < 1.29 is 19.2 Å². The van der Waals surface area contributed by atoms with Gasteiger partial charge in [-0.25, -0.2) is 24.7 Å². The molecule has 5 amide bonds. The summed E-state index contributed by atoms with van der Waals surface area (Å²) in [4.78, 5) is 73.6. The first-order valence-electron chi connectivity index (χ1n) is 12.2. The summed E-state index contributed by atoms with van der Waals surface area (Å²) in [6, 6.07) is -2.45. The minimum Gasteiger partial charge on any atom is -0.368 e. The van der Waals surface area contributed by atoms with Crippen molar-refractivity contribution in [3.63, 3.8) is 0 Å². The molecule has 0 aromatic carbocycles. The van der Waals surface area contributed by atoms with Gasteiger partial charge >= 0.3 is 6.03 Å². The van der Waals surface area contributed by atoms with Gasteiger partial charge in [-0.2, -0.15) is 0 Å². The zero-order valence-corrected chi connectivity index (χ0v) is 21.5. The maximum atomic E-state index is 13.1. The van der Waals surface area contributed by atoms with Crippen LogP contribution in [-0.2, 0) is 14.4 Å². The molecule has 14 nitrogen and oxygen atoms in total. The number of nitrogens with two attached hydrogens (primary N) is 1. The van der Waals surface area contributed by atoms with E-state index in [1.54, 1.807) is 24.7 Å². The zero-order valence-electron chi connectivity index (χ0n) is 20.7. The van der Waals surface area contributed by atoms with Crippen molar-refractivity contribution in [2.75, 3.05) is 36.9 Å². The lowest BCUT2D eigenvalue weighted by Crippen LogP contribution is -2.67. The highest BCUT2D eigenvalue weighted by atomic mass is 32.1. The molecule has 3 aliphatic heterocycles. The first-order valence-corrected chi connectivity index (χ1v) is 13.1. The summed E-state index contributed by atoms with van der Waals surface area (Å²) in [5.41, 5.74) is 5.97. The molecule has 5 heterocycles. The van der Waals surface area contributed by atoms with Crippen LogP contribution in [0.2, 0.25) is 0 Å². The van der Waals surface area contributed by atoms with Gasteiger partial charge in [0.1, 0.15) is 23.4 Å². The molecular weight excluding hydrogens is 512 g/mol. The fourth-order valence-electron chi connectivity index (χ4n) is 5.21. The van der Waals surface area contributed by atoms with E-state index in [9.17, 15) is 19.2 Å². The number of urea groups is 1. The second kappa shape index (κ2) is 9.01. The minimum atomic E-state index is -0.957. The standard InChI is InChI=1S/C23H26N10O4S/c1-11(33-10-27-18-17(33)21(36)32(8-15(24)34)23(37)30(18)2)19(35)28-16-9-38-20(29-16)14-4-25-22(26-5-14)31-6-12-3-13(12)7-31/h4-5,9-13,17-18H,3,6-8H2,1-2H3,(H2,24,34)(H,28,35)/t11-,12?,13?,17?,18?/m0/s1. The highest BCUT2D eigenvalue weighted by molar-refractivity contribution is 7.13. The summed E-state index contributed by atoms with van der Waals surface area (Å²) >= 11 is 1.35. The Morgan fingerprint density at radius 2 is 1.92 bits per heavy atom. The van der Waals surface area contributed by atoms with Crippen LogP contribution in [0.15, 0.2) is 22.8 Å². The van der Waals surface area contributed by atoms with E-state index in [0.717, 1.165) is 41.3 Å². The molecule has 5 atom stereocenters. The molecule has 3 N–H and O–H groups in total. The Morgan fingerprint density at radius 3 is 2.61 bits per heavy atom. The molecule has 38 heavy (non-hydrogen) atoms. The first-order chi connectivity index (χ1) is 18.2. The largest absolute Gasteiger partial charge is 0.368 e. The normalized spacial score (nSPS) is 26.5. The molecule has 15 heteroatoms. The van der Waals surface area contributed by atoms with Crippen LogP contribution in [0.1, 0.15) is 13.3 Å². The molecule has 4 unspecified atom stereocenters. The number of piperidine rings is 1. The van der Waals surface area contributed by atoms with Crippen molar-refractivity contribution in [2.24, 2.45) is 22.6 Å².